The van der Waals surface area contributed by atoms with Crippen LogP contribution in [0.2, 0.25) is 15.1 Å². The van der Waals surface area contributed by atoms with Gasteiger partial charge in [-0.3, -0.25) is 13.9 Å². The first kappa shape index (κ1) is 30.8. The lowest BCUT2D eigenvalue weighted by molar-refractivity contribution is -0.139. The SMILES string of the molecule is CC[C@@H](C)NC(=O)[C@H](C)N(Cc1cccc(Cl)c1)C(=O)CN(c1cccc(Cl)c1)S(=O)(=O)c1ccc(Cl)cc1. The van der Waals surface area contributed by atoms with Crippen LogP contribution in [0.15, 0.2) is 77.7 Å². The molecule has 3 rings (SSSR count). The van der Waals surface area contributed by atoms with Crippen LogP contribution in [0.5, 0.6) is 0 Å². The summed E-state index contributed by atoms with van der Waals surface area (Å²) in [6.45, 7) is 4.88. The van der Waals surface area contributed by atoms with Gasteiger partial charge in [0.1, 0.15) is 12.6 Å². The summed E-state index contributed by atoms with van der Waals surface area (Å²) in [5.74, 6) is -0.936. The fourth-order valence-corrected chi connectivity index (χ4v) is 5.70. The molecule has 1 N–H and O–H groups in total. The minimum atomic E-state index is -4.22. The van der Waals surface area contributed by atoms with Crippen LogP contribution in [-0.4, -0.2) is 43.8 Å². The highest BCUT2D eigenvalue weighted by Gasteiger charge is 2.33. The minimum Gasteiger partial charge on any atom is -0.352 e. The first-order valence-electron chi connectivity index (χ1n) is 12.3. The third kappa shape index (κ3) is 8.11. The van der Waals surface area contributed by atoms with Gasteiger partial charge in [0.05, 0.1) is 10.6 Å². The van der Waals surface area contributed by atoms with Crippen molar-refractivity contribution in [3.8, 4) is 0 Å². The summed E-state index contributed by atoms with van der Waals surface area (Å²) in [6, 6.07) is 17.8. The third-order valence-corrected chi connectivity index (χ3v) is 8.70. The molecule has 0 aliphatic rings. The van der Waals surface area contributed by atoms with Gasteiger partial charge in [-0.2, -0.15) is 0 Å². The van der Waals surface area contributed by atoms with E-state index in [1.807, 2.05) is 13.8 Å². The van der Waals surface area contributed by atoms with Crippen molar-refractivity contribution in [2.75, 3.05) is 10.8 Å². The van der Waals surface area contributed by atoms with Crippen molar-refractivity contribution in [2.24, 2.45) is 0 Å². The highest BCUT2D eigenvalue weighted by molar-refractivity contribution is 7.92. The molecule has 0 saturated heterocycles. The van der Waals surface area contributed by atoms with Crippen molar-refractivity contribution in [3.05, 3.63) is 93.4 Å². The van der Waals surface area contributed by atoms with Crippen LogP contribution in [0.1, 0.15) is 32.8 Å². The van der Waals surface area contributed by atoms with Gasteiger partial charge in [-0.05, 0) is 80.4 Å². The molecule has 0 aliphatic carbocycles. The maximum absolute atomic E-state index is 13.9. The van der Waals surface area contributed by atoms with Gasteiger partial charge in [0, 0.05) is 27.7 Å². The van der Waals surface area contributed by atoms with Gasteiger partial charge >= 0.3 is 0 Å². The second-order valence-electron chi connectivity index (χ2n) is 9.09. The Hall–Kier alpha value is -2.78. The predicted molar refractivity (Wildman–Crippen MR) is 157 cm³/mol. The molecule has 2 atom stereocenters. The maximum atomic E-state index is 13.9. The Kier molecular flexibility index (Phi) is 10.7. The molecule has 0 aliphatic heterocycles. The summed E-state index contributed by atoms with van der Waals surface area (Å²) in [4.78, 5) is 28.3. The zero-order chi connectivity index (χ0) is 28.7. The Labute approximate surface area is 244 Å². The summed E-state index contributed by atoms with van der Waals surface area (Å²) in [5, 5.41) is 4.04. The molecule has 3 aromatic carbocycles. The minimum absolute atomic E-state index is 0.0405. The summed E-state index contributed by atoms with van der Waals surface area (Å²) in [5.41, 5.74) is 0.888. The van der Waals surface area contributed by atoms with Gasteiger partial charge in [-0.25, -0.2) is 8.42 Å². The monoisotopic (exact) mass is 609 g/mol. The lowest BCUT2D eigenvalue weighted by Gasteiger charge is -2.32. The number of nitrogens with zero attached hydrogens (tertiary/aromatic N) is 2. The van der Waals surface area contributed by atoms with E-state index in [0.29, 0.717) is 27.1 Å². The molecule has 0 unspecified atom stereocenters. The Morgan fingerprint density at radius 2 is 1.49 bits per heavy atom. The highest BCUT2D eigenvalue weighted by Crippen LogP contribution is 2.27. The number of nitrogens with one attached hydrogen (secondary N) is 1. The number of hydrogen-bond donors (Lipinski definition) is 1. The Balaban J connectivity index is 2.03. The number of carbonyl (C=O) groups excluding carboxylic acids is 2. The largest absolute Gasteiger partial charge is 0.352 e. The first-order chi connectivity index (χ1) is 18.4. The van der Waals surface area contributed by atoms with E-state index in [0.717, 1.165) is 4.31 Å². The van der Waals surface area contributed by atoms with Crippen LogP contribution in [0.4, 0.5) is 5.69 Å². The van der Waals surface area contributed by atoms with E-state index in [1.165, 1.54) is 35.2 Å². The molecule has 39 heavy (non-hydrogen) atoms. The summed E-state index contributed by atoms with van der Waals surface area (Å²) in [7, 11) is -4.22. The van der Waals surface area contributed by atoms with E-state index in [1.54, 1.807) is 49.4 Å². The average Bonchev–Trinajstić information content (AvgIpc) is 2.89. The van der Waals surface area contributed by atoms with Crippen molar-refractivity contribution in [1.82, 2.24) is 10.2 Å². The predicted octanol–water partition coefficient (Wildman–Crippen LogP) is 6.17. The lowest BCUT2D eigenvalue weighted by Crippen LogP contribution is -2.52. The Morgan fingerprint density at radius 3 is 2.08 bits per heavy atom. The molecule has 0 bridgehead atoms. The first-order valence-corrected chi connectivity index (χ1v) is 14.9. The van der Waals surface area contributed by atoms with Crippen LogP contribution in [-0.2, 0) is 26.2 Å². The van der Waals surface area contributed by atoms with Crippen LogP contribution in [0, 0.1) is 0 Å². The molecule has 11 heteroatoms. The number of hydrogen-bond acceptors (Lipinski definition) is 4. The number of rotatable bonds is 11. The number of halogens is 3. The summed E-state index contributed by atoms with van der Waals surface area (Å²) >= 11 is 18.3. The quantitative estimate of drug-likeness (QED) is 0.281. The van der Waals surface area contributed by atoms with E-state index in [-0.39, 0.29) is 29.1 Å². The molecular weight excluding hydrogens is 581 g/mol. The second-order valence-corrected chi connectivity index (χ2v) is 12.3. The second kappa shape index (κ2) is 13.5. The van der Waals surface area contributed by atoms with E-state index in [4.69, 9.17) is 34.8 Å². The van der Waals surface area contributed by atoms with Crippen LogP contribution >= 0.6 is 34.8 Å². The highest BCUT2D eigenvalue weighted by atomic mass is 35.5. The summed E-state index contributed by atoms with van der Waals surface area (Å²) in [6.07, 6.45) is 0.711. The van der Waals surface area contributed by atoms with E-state index in [9.17, 15) is 18.0 Å². The van der Waals surface area contributed by atoms with Gasteiger partial charge in [-0.15, -0.1) is 0 Å². The molecule has 2 amide bonds. The fourth-order valence-electron chi connectivity index (χ4n) is 3.77. The molecule has 0 saturated carbocycles. The van der Waals surface area contributed by atoms with Gasteiger partial charge < -0.3 is 10.2 Å². The zero-order valence-corrected chi connectivity index (χ0v) is 24.9. The smallest absolute Gasteiger partial charge is 0.264 e. The number of anilines is 1. The molecule has 0 spiro atoms. The van der Waals surface area contributed by atoms with Gasteiger partial charge in [0.15, 0.2) is 0 Å². The molecule has 0 radical (unpaired) electrons. The summed E-state index contributed by atoms with van der Waals surface area (Å²) < 4.78 is 28.5. The topological polar surface area (TPSA) is 86.8 Å². The van der Waals surface area contributed by atoms with E-state index >= 15 is 0 Å². The number of benzene rings is 3. The number of amides is 2. The average molecular weight is 611 g/mol. The van der Waals surface area contributed by atoms with E-state index in [2.05, 4.69) is 5.32 Å². The van der Waals surface area contributed by atoms with Crippen molar-refractivity contribution in [1.29, 1.82) is 0 Å². The van der Waals surface area contributed by atoms with Crippen molar-refractivity contribution >= 4 is 62.3 Å². The molecule has 208 valence electrons. The number of carbonyl (C=O) groups is 2. The standard InChI is InChI=1S/C28H30Cl3N3O4S/c1-4-19(2)32-28(36)20(3)33(17-21-7-5-8-23(30)15-21)27(35)18-34(25-10-6-9-24(31)16-25)39(37,38)26-13-11-22(29)12-14-26/h5-16,19-20H,4,17-18H2,1-3H3,(H,32,36)/t19-,20+/m1/s1. The van der Waals surface area contributed by atoms with Crippen molar-refractivity contribution < 1.29 is 18.0 Å². The molecular formula is C28H30Cl3N3O4S. The van der Waals surface area contributed by atoms with Crippen LogP contribution in [0.25, 0.3) is 0 Å². The van der Waals surface area contributed by atoms with Crippen molar-refractivity contribution in [3.63, 3.8) is 0 Å². The molecule has 0 heterocycles. The molecule has 7 nitrogen and oxygen atoms in total. The van der Waals surface area contributed by atoms with E-state index < -0.39 is 28.5 Å². The molecule has 0 fully saturated rings. The van der Waals surface area contributed by atoms with Gasteiger partial charge in [-0.1, -0.05) is 59.9 Å². The Bertz CT molecular complexity index is 1420. The molecule has 3 aromatic rings. The van der Waals surface area contributed by atoms with Crippen LogP contribution in [0.3, 0.4) is 0 Å². The van der Waals surface area contributed by atoms with Gasteiger partial charge in [0.25, 0.3) is 10.0 Å². The Morgan fingerprint density at radius 1 is 0.872 bits per heavy atom. The normalized spacial score (nSPS) is 12.9. The maximum Gasteiger partial charge on any atom is 0.264 e. The van der Waals surface area contributed by atoms with Crippen molar-refractivity contribution in [2.45, 2.75) is 50.7 Å². The van der Waals surface area contributed by atoms with Gasteiger partial charge in [0.2, 0.25) is 11.8 Å². The number of sulfonamides is 1. The zero-order valence-electron chi connectivity index (χ0n) is 21.8. The van der Waals surface area contributed by atoms with Crippen LogP contribution < -0.4 is 9.62 Å². The lowest BCUT2D eigenvalue weighted by atomic mass is 10.1. The molecule has 0 aromatic heterocycles. The fraction of sp³-hybridized carbons (Fsp3) is 0.286. The third-order valence-electron chi connectivity index (χ3n) is 6.19.